The van der Waals surface area contributed by atoms with Crippen LogP contribution >= 0.6 is 33.9 Å². The highest BCUT2D eigenvalue weighted by molar-refractivity contribution is 14.1. The second kappa shape index (κ2) is 3.78. The van der Waals surface area contributed by atoms with E-state index < -0.39 is 6.36 Å². The molecular weight excluding hydrogens is 342 g/mol. The van der Waals surface area contributed by atoms with Crippen LogP contribution < -0.4 is 4.74 Å². The van der Waals surface area contributed by atoms with E-state index in [2.05, 4.69) is 9.72 Å². The van der Waals surface area contributed by atoms with E-state index in [4.69, 9.17) is 0 Å². The van der Waals surface area contributed by atoms with E-state index in [9.17, 15) is 13.2 Å². The molecule has 7 heteroatoms. The number of benzene rings is 1. The zero-order chi connectivity index (χ0) is 11.1. The van der Waals surface area contributed by atoms with E-state index in [0.29, 0.717) is 10.2 Å². The fourth-order valence-electron chi connectivity index (χ4n) is 1.07. The third-order valence-corrected chi connectivity index (χ3v) is 3.28. The van der Waals surface area contributed by atoms with Crippen LogP contribution in [-0.4, -0.2) is 11.3 Å². The average Bonchev–Trinajstić information content (AvgIpc) is 2.40. The minimum Gasteiger partial charge on any atom is -0.406 e. The molecule has 2 rings (SSSR count). The van der Waals surface area contributed by atoms with Crippen molar-refractivity contribution in [2.45, 2.75) is 6.36 Å². The van der Waals surface area contributed by atoms with Gasteiger partial charge in [0.25, 0.3) is 0 Å². The lowest BCUT2D eigenvalue weighted by Gasteiger charge is -2.07. The number of halogens is 4. The van der Waals surface area contributed by atoms with E-state index in [1.165, 1.54) is 29.5 Å². The van der Waals surface area contributed by atoms with E-state index in [1.54, 1.807) is 0 Å². The quantitative estimate of drug-likeness (QED) is 0.734. The first-order valence-corrected chi connectivity index (χ1v) is 5.65. The summed E-state index contributed by atoms with van der Waals surface area (Å²) in [6.07, 6.45) is -4.65. The standard InChI is InChI=1S/C8H3F3INOS/c9-8(10,11)14-4-1-2-5-6(3-4)15-7(12)13-5/h1-3H. The van der Waals surface area contributed by atoms with Crippen molar-refractivity contribution >= 4 is 44.1 Å². The molecule has 0 aliphatic rings. The van der Waals surface area contributed by atoms with Crippen molar-refractivity contribution in [3.8, 4) is 5.75 Å². The second-order valence-electron chi connectivity index (χ2n) is 2.64. The van der Waals surface area contributed by atoms with Crippen LogP contribution in [-0.2, 0) is 0 Å². The van der Waals surface area contributed by atoms with Gasteiger partial charge in [-0.05, 0) is 40.8 Å². The third-order valence-electron chi connectivity index (χ3n) is 1.57. The predicted octanol–water partition coefficient (Wildman–Crippen LogP) is 3.80. The third kappa shape index (κ3) is 2.71. The summed E-state index contributed by atoms with van der Waals surface area (Å²) < 4.78 is 41.0. The number of ether oxygens (including phenoxy) is 1. The Morgan fingerprint density at radius 3 is 2.73 bits per heavy atom. The van der Waals surface area contributed by atoms with Gasteiger partial charge in [0.05, 0.1) is 10.2 Å². The van der Waals surface area contributed by atoms with Gasteiger partial charge in [0.1, 0.15) is 5.75 Å². The fraction of sp³-hybridized carbons (Fsp3) is 0.125. The van der Waals surface area contributed by atoms with Crippen molar-refractivity contribution in [2.75, 3.05) is 0 Å². The minimum atomic E-state index is -4.65. The number of rotatable bonds is 1. The van der Waals surface area contributed by atoms with Crippen LogP contribution in [0.25, 0.3) is 10.2 Å². The molecule has 0 N–H and O–H groups in total. The molecule has 15 heavy (non-hydrogen) atoms. The Morgan fingerprint density at radius 1 is 1.33 bits per heavy atom. The van der Waals surface area contributed by atoms with Crippen LogP contribution in [0, 0.1) is 3.01 Å². The Morgan fingerprint density at radius 2 is 2.07 bits per heavy atom. The maximum Gasteiger partial charge on any atom is 0.573 e. The minimum absolute atomic E-state index is 0.213. The molecule has 2 nitrogen and oxygen atoms in total. The molecule has 0 saturated heterocycles. The summed E-state index contributed by atoms with van der Waals surface area (Å²) in [7, 11) is 0. The molecule has 80 valence electrons. The molecule has 0 amide bonds. The van der Waals surface area contributed by atoms with Crippen LogP contribution in [0.5, 0.6) is 5.75 Å². The number of hydrogen-bond donors (Lipinski definition) is 0. The van der Waals surface area contributed by atoms with Crippen LogP contribution in [0.1, 0.15) is 0 Å². The van der Waals surface area contributed by atoms with Crippen LogP contribution in [0.2, 0.25) is 0 Å². The first kappa shape index (κ1) is 10.9. The molecule has 2 aromatic rings. The van der Waals surface area contributed by atoms with Gasteiger partial charge in [-0.2, -0.15) is 0 Å². The zero-order valence-corrected chi connectivity index (χ0v) is 9.98. The molecule has 0 bridgehead atoms. The predicted molar refractivity (Wildman–Crippen MR) is 59.0 cm³/mol. The second-order valence-corrected chi connectivity index (χ2v) is 5.43. The Labute approximate surface area is 100 Å². The lowest BCUT2D eigenvalue weighted by molar-refractivity contribution is -0.274. The van der Waals surface area contributed by atoms with Gasteiger partial charge < -0.3 is 4.74 Å². The van der Waals surface area contributed by atoms with Crippen LogP contribution in [0.4, 0.5) is 13.2 Å². The maximum atomic E-state index is 11.9. The Kier molecular flexibility index (Phi) is 2.75. The highest BCUT2D eigenvalue weighted by atomic mass is 127. The topological polar surface area (TPSA) is 22.1 Å². The summed E-state index contributed by atoms with van der Waals surface area (Å²) in [5.74, 6) is -0.213. The van der Waals surface area contributed by atoms with Gasteiger partial charge in [-0.3, -0.25) is 0 Å². The monoisotopic (exact) mass is 345 g/mol. The van der Waals surface area contributed by atoms with Crippen molar-refractivity contribution in [2.24, 2.45) is 0 Å². The summed E-state index contributed by atoms with van der Waals surface area (Å²) >= 11 is 3.34. The highest BCUT2D eigenvalue weighted by Gasteiger charge is 2.31. The maximum absolute atomic E-state index is 11.9. The van der Waals surface area contributed by atoms with Gasteiger partial charge >= 0.3 is 6.36 Å². The Bertz CT molecular complexity index is 496. The molecule has 1 aromatic heterocycles. The number of alkyl halides is 3. The molecule has 0 unspecified atom stereocenters. The van der Waals surface area contributed by atoms with Gasteiger partial charge in [0.15, 0.2) is 3.01 Å². The molecule has 0 aliphatic carbocycles. The van der Waals surface area contributed by atoms with Crippen molar-refractivity contribution in [3.05, 3.63) is 21.2 Å². The number of fused-ring (bicyclic) bond motifs is 1. The molecule has 1 heterocycles. The molecular formula is C8H3F3INOS. The van der Waals surface area contributed by atoms with Crippen molar-refractivity contribution < 1.29 is 17.9 Å². The molecule has 0 saturated carbocycles. The zero-order valence-electron chi connectivity index (χ0n) is 7.01. The van der Waals surface area contributed by atoms with Crippen molar-refractivity contribution in [3.63, 3.8) is 0 Å². The Balaban J connectivity index is 2.38. The molecule has 1 aromatic carbocycles. The fourth-order valence-corrected chi connectivity index (χ4v) is 2.76. The lowest BCUT2D eigenvalue weighted by Crippen LogP contribution is -2.16. The van der Waals surface area contributed by atoms with E-state index in [-0.39, 0.29) is 5.75 Å². The molecule has 0 radical (unpaired) electrons. The molecule has 0 aliphatic heterocycles. The molecule has 0 atom stereocenters. The van der Waals surface area contributed by atoms with Gasteiger partial charge in [-0.15, -0.1) is 24.5 Å². The number of thiazole rings is 1. The van der Waals surface area contributed by atoms with Gasteiger partial charge in [-0.1, -0.05) is 0 Å². The summed E-state index contributed by atoms with van der Waals surface area (Å²) in [6, 6.07) is 4.10. The first-order chi connectivity index (χ1) is 6.94. The van der Waals surface area contributed by atoms with Crippen molar-refractivity contribution in [1.29, 1.82) is 0 Å². The largest absolute Gasteiger partial charge is 0.573 e. The van der Waals surface area contributed by atoms with Crippen LogP contribution in [0.15, 0.2) is 18.2 Å². The summed E-state index contributed by atoms with van der Waals surface area (Å²) in [6.45, 7) is 0. The van der Waals surface area contributed by atoms with Gasteiger partial charge in [0, 0.05) is 0 Å². The van der Waals surface area contributed by atoms with Gasteiger partial charge in [-0.25, -0.2) is 4.98 Å². The normalized spacial score (nSPS) is 12.0. The summed E-state index contributed by atoms with van der Waals surface area (Å²) in [5, 5.41) is 0. The van der Waals surface area contributed by atoms with E-state index in [0.717, 1.165) is 3.01 Å². The van der Waals surface area contributed by atoms with Gasteiger partial charge in [0.2, 0.25) is 0 Å². The van der Waals surface area contributed by atoms with Crippen molar-refractivity contribution in [1.82, 2.24) is 4.98 Å². The summed E-state index contributed by atoms with van der Waals surface area (Å²) in [4.78, 5) is 4.12. The number of hydrogen-bond acceptors (Lipinski definition) is 3. The number of aromatic nitrogens is 1. The molecule has 0 spiro atoms. The van der Waals surface area contributed by atoms with Crippen LogP contribution in [0.3, 0.4) is 0 Å². The number of nitrogens with zero attached hydrogens (tertiary/aromatic N) is 1. The molecule has 0 fully saturated rings. The SMILES string of the molecule is FC(F)(F)Oc1ccc2nc(I)sc2c1. The smallest absolute Gasteiger partial charge is 0.406 e. The van der Waals surface area contributed by atoms with E-state index >= 15 is 0 Å². The lowest BCUT2D eigenvalue weighted by atomic mass is 10.3. The average molecular weight is 345 g/mol. The summed E-state index contributed by atoms with van der Waals surface area (Å²) in [5.41, 5.74) is 0.680. The Hall–Kier alpha value is -0.570. The highest BCUT2D eigenvalue weighted by Crippen LogP contribution is 2.29. The van der Waals surface area contributed by atoms with E-state index in [1.807, 2.05) is 22.6 Å². The first-order valence-electron chi connectivity index (χ1n) is 3.76.